The molecule has 1 unspecified atom stereocenters. The molecule has 0 bridgehead atoms. The van der Waals surface area contributed by atoms with E-state index in [1.807, 2.05) is 11.0 Å². The van der Waals surface area contributed by atoms with Gasteiger partial charge in [-0.2, -0.15) is 0 Å². The van der Waals surface area contributed by atoms with Gasteiger partial charge in [0.2, 0.25) is 5.91 Å². The Morgan fingerprint density at radius 3 is 2.89 bits per heavy atom. The van der Waals surface area contributed by atoms with E-state index in [0.717, 1.165) is 26.1 Å². The van der Waals surface area contributed by atoms with Crippen LogP contribution in [0.25, 0.3) is 0 Å². The molecule has 0 aliphatic carbocycles. The monoisotopic (exact) mass is 288 g/mol. The Labute approximate surface area is 119 Å². The van der Waals surface area contributed by atoms with Crippen molar-refractivity contribution in [3.63, 3.8) is 0 Å². The van der Waals surface area contributed by atoms with E-state index in [-0.39, 0.29) is 24.4 Å². The molecule has 0 aromatic carbocycles. The minimum absolute atomic E-state index is 0. The quantitative estimate of drug-likeness (QED) is 0.923. The van der Waals surface area contributed by atoms with Crippen molar-refractivity contribution in [3.05, 3.63) is 22.4 Å². The van der Waals surface area contributed by atoms with Crippen LogP contribution in [0.5, 0.6) is 0 Å². The minimum atomic E-state index is 0. The molecule has 0 saturated carbocycles. The Balaban J connectivity index is 0.00000162. The van der Waals surface area contributed by atoms with Crippen LogP contribution in [0, 0.1) is 5.92 Å². The molecule has 1 saturated heterocycles. The summed E-state index contributed by atoms with van der Waals surface area (Å²) in [5, 5.41) is 5.33. The number of carbonyl (C=O) groups is 1. The molecular formula is C13H21ClN2OS. The summed E-state index contributed by atoms with van der Waals surface area (Å²) in [4.78, 5) is 15.7. The molecule has 2 heterocycles. The van der Waals surface area contributed by atoms with Crippen LogP contribution >= 0.6 is 23.7 Å². The van der Waals surface area contributed by atoms with Crippen LogP contribution in [-0.4, -0.2) is 29.9 Å². The number of amides is 1. The Hall–Kier alpha value is -0.580. The first kappa shape index (κ1) is 15.5. The summed E-state index contributed by atoms with van der Waals surface area (Å²) in [5.41, 5.74) is 0. The summed E-state index contributed by atoms with van der Waals surface area (Å²) in [6.45, 7) is 6.75. The second-order valence-electron chi connectivity index (χ2n) is 4.83. The SMILES string of the molecule is CC(C)N(Cc1cccs1)C(=O)C1CCNC1.Cl. The van der Waals surface area contributed by atoms with E-state index in [1.54, 1.807) is 11.3 Å². The second kappa shape index (κ2) is 7.12. The van der Waals surface area contributed by atoms with Crippen molar-refractivity contribution in [1.82, 2.24) is 10.2 Å². The number of carbonyl (C=O) groups excluding carboxylic acids is 1. The first-order chi connectivity index (χ1) is 8.18. The van der Waals surface area contributed by atoms with Crippen molar-refractivity contribution in [2.75, 3.05) is 13.1 Å². The molecule has 0 spiro atoms. The van der Waals surface area contributed by atoms with Crippen LogP contribution in [0.15, 0.2) is 17.5 Å². The number of thiophene rings is 1. The van der Waals surface area contributed by atoms with Crippen molar-refractivity contribution in [2.24, 2.45) is 5.92 Å². The summed E-state index contributed by atoms with van der Waals surface area (Å²) in [6, 6.07) is 4.41. The zero-order chi connectivity index (χ0) is 12.3. The molecule has 102 valence electrons. The average molecular weight is 289 g/mol. The lowest BCUT2D eigenvalue weighted by Crippen LogP contribution is -2.40. The van der Waals surface area contributed by atoms with Gasteiger partial charge in [-0.15, -0.1) is 23.7 Å². The summed E-state index contributed by atoms with van der Waals surface area (Å²) >= 11 is 1.72. The van der Waals surface area contributed by atoms with Gasteiger partial charge in [0.1, 0.15) is 0 Å². The summed E-state index contributed by atoms with van der Waals surface area (Å²) < 4.78 is 0. The predicted molar refractivity (Wildman–Crippen MR) is 78.2 cm³/mol. The number of nitrogens with one attached hydrogen (secondary N) is 1. The van der Waals surface area contributed by atoms with Crippen molar-refractivity contribution in [2.45, 2.75) is 32.9 Å². The van der Waals surface area contributed by atoms with Crippen LogP contribution in [0.1, 0.15) is 25.1 Å². The highest BCUT2D eigenvalue weighted by molar-refractivity contribution is 7.09. The van der Waals surface area contributed by atoms with E-state index in [0.29, 0.717) is 5.91 Å². The number of rotatable bonds is 4. The Morgan fingerprint density at radius 1 is 1.61 bits per heavy atom. The maximum Gasteiger partial charge on any atom is 0.227 e. The maximum absolute atomic E-state index is 12.4. The molecule has 5 heteroatoms. The van der Waals surface area contributed by atoms with Crippen LogP contribution in [0.3, 0.4) is 0 Å². The van der Waals surface area contributed by atoms with E-state index in [4.69, 9.17) is 0 Å². The highest BCUT2D eigenvalue weighted by atomic mass is 35.5. The lowest BCUT2D eigenvalue weighted by Gasteiger charge is -2.28. The van der Waals surface area contributed by atoms with Crippen LogP contribution in [-0.2, 0) is 11.3 Å². The van der Waals surface area contributed by atoms with E-state index in [1.165, 1.54) is 4.88 Å². The molecule has 1 aromatic rings. The molecular weight excluding hydrogens is 268 g/mol. The predicted octanol–water partition coefficient (Wildman–Crippen LogP) is 2.52. The van der Waals surface area contributed by atoms with Gasteiger partial charge in [-0.05, 0) is 38.3 Å². The molecule has 1 aliphatic rings. The maximum atomic E-state index is 12.4. The van der Waals surface area contributed by atoms with Gasteiger partial charge < -0.3 is 10.2 Å². The first-order valence-corrected chi connectivity index (χ1v) is 7.10. The van der Waals surface area contributed by atoms with Crippen molar-refractivity contribution in [1.29, 1.82) is 0 Å². The fraction of sp³-hybridized carbons (Fsp3) is 0.615. The van der Waals surface area contributed by atoms with Crippen molar-refractivity contribution in [3.8, 4) is 0 Å². The normalized spacial score (nSPS) is 18.7. The summed E-state index contributed by atoms with van der Waals surface area (Å²) in [6.07, 6.45) is 0.979. The average Bonchev–Trinajstić information content (AvgIpc) is 2.97. The topological polar surface area (TPSA) is 32.3 Å². The number of nitrogens with zero attached hydrogens (tertiary/aromatic N) is 1. The molecule has 0 radical (unpaired) electrons. The molecule has 3 nitrogen and oxygen atoms in total. The Kier molecular flexibility index (Phi) is 6.12. The van der Waals surface area contributed by atoms with Gasteiger partial charge >= 0.3 is 0 Å². The first-order valence-electron chi connectivity index (χ1n) is 6.22. The van der Waals surface area contributed by atoms with E-state index in [9.17, 15) is 4.79 Å². The van der Waals surface area contributed by atoms with Gasteiger partial charge in [0.15, 0.2) is 0 Å². The number of hydrogen-bond donors (Lipinski definition) is 1. The molecule has 1 aliphatic heterocycles. The third-order valence-corrected chi connectivity index (χ3v) is 4.08. The zero-order valence-corrected chi connectivity index (χ0v) is 12.5. The smallest absolute Gasteiger partial charge is 0.227 e. The second-order valence-corrected chi connectivity index (χ2v) is 5.86. The van der Waals surface area contributed by atoms with Gasteiger partial charge in [-0.25, -0.2) is 0 Å². The summed E-state index contributed by atoms with van der Waals surface area (Å²) in [7, 11) is 0. The largest absolute Gasteiger partial charge is 0.335 e. The molecule has 1 amide bonds. The molecule has 1 aromatic heterocycles. The summed E-state index contributed by atoms with van der Waals surface area (Å²) in [5.74, 6) is 0.482. The fourth-order valence-electron chi connectivity index (χ4n) is 2.19. The number of hydrogen-bond acceptors (Lipinski definition) is 3. The Bertz CT molecular complexity index is 361. The number of halogens is 1. The molecule has 1 atom stereocenters. The van der Waals surface area contributed by atoms with Crippen LogP contribution < -0.4 is 5.32 Å². The minimum Gasteiger partial charge on any atom is -0.335 e. The van der Waals surface area contributed by atoms with E-state index >= 15 is 0 Å². The van der Waals surface area contributed by atoms with Gasteiger partial charge in [-0.1, -0.05) is 6.07 Å². The molecule has 18 heavy (non-hydrogen) atoms. The van der Waals surface area contributed by atoms with Gasteiger partial charge in [-0.3, -0.25) is 4.79 Å². The molecule has 1 fully saturated rings. The third-order valence-electron chi connectivity index (χ3n) is 3.22. The van der Waals surface area contributed by atoms with Crippen molar-refractivity contribution < 1.29 is 4.79 Å². The van der Waals surface area contributed by atoms with Crippen molar-refractivity contribution >= 4 is 29.7 Å². The standard InChI is InChI=1S/C13H20N2OS.ClH/c1-10(2)15(9-12-4-3-7-17-12)13(16)11-5-6-14-8-11;/h3-4,7,10-11,14H,5-6,8-9H2,1-2H3;1H. The highest BCUT2D eigenvalue weighted by Gasteiger charge is 2.28. The highest BCUT2D eigenvalue weighted by Crippen LogP contribution is 2.19. The Morgan fingerprint density at radius 2 is 2.39 bits per heavy atom. The van der Waals surface area contributed by atoms with Gasteiger partial charge in [0, 0.05) is 17.5 Å². The lowest BCUT2D eigenvalue weighted by molar-refractivity contribution is -0.137. The zero-order valence-electron chi connectivity index (χ0n) is 10.9. The third kappa shape index (κ3) is 3.70. The van der Waals surface area contributed by atoms with E-state index < -0.39 is 0 Å². The molecule has 2 rings (SSSR count). The van der Waals surface area contributed by atoms with E-state index in [2.05, 4.69) is 30.6 Å². The fourth-order valence-corrected chi connectivity index (χ4v) is 2.89. The van der Waals surface area contributed by atoms with Gasteiger partial charge in [0.05, 0.1) is 12.5 Å². The van der Waals surface area contributed by atoms with Crippen LogP contribution in [0.2, 0.25) is 0 Å². The van der Waals surface area contributed by atoms with Crippen LogP contribution in [0.4, 0.5) is 0 Å². The molecule has 1 N–H and O–H groups in total. The van der Waals surface area contributed by atoms with Gasteiger partial charge in [0.25, 0.3) is 0 Å². The lowest BCUT2D eigenvalue weighted by atomic mass is 10.1.